The molecule has 2 saturated heterocycles. The predicted molar refractivity (Wildman–Crippen MR) is 159 cm³/mol. The fraction of sp³-hybridized carbons (Fsp3) is 0.375. The lowest BCUT2D eigenvalue weighted by molar-refractivity contribution is 0.0222. The SMILES string of the molecule is CC(C)(C)OC(=O)N1CCCC1c1nn(-c2ccccc2)c2nc(C(=O)O)cc(-c3ccc(N4CCOCC4)cc3)c12. The quantitative estimate of drug-likeness (QED) is 0.326. The number of pyridine rings is 1. The summed E-state index contributed by atoms with van der Waals surface area (Å²) in [7, 11) is 0. The first-order valence-corrected chi connectivity index (χ1v) is 14.3. The van der Waals surface area contributed by atoms with Crippen molar-refractivity contribution in [3.63, 3.8) is 0 Å². The summed E-state index contributed by atoms with van der Waals surface area (Å²) in [5.41, 5.74) is 3.78. The number of ether oxygens (including phenoxy) is 2. The fourth-order valence-corrected chi connectivity index (χ4v) is 5.73. The molecule has 1 atom stereocenters. The summed E-state index contributed by atoms with van der Waals surface area (Å²) in [5.74, 6) is -1.12. The van der Waals surface area contributed by atoms with Gasteiger partial charge in [-0.15, -0.1) is 0 Å². The summed E-state index contributed by atoms with van der Waals surface area (Å²) < 4.78 is 12.9. The molecule has 2 fully saturated rings. The van der Waals surface area contributed by atoms with Crippen LogP contribution < -0.4 is 4.90 Å². The number of carbonyl (C=O) groups excluding carboxylic acids is 1. The summed E-state index contributed by atoms with van der Waals surface area (Å²) in [4.78, 5) is 34.2. The van der Waals surface area contributed by atoms with Crippen molar-refractivity contribution < 1.29 is 24.2 Å². The Labute approximate surface area is 244 Å². The maximum atomic E-state index is 13.3. The van der Waals surface area contributed by atoms with E-state index in [4.69, 9.17) is 14.6 Å². The molecule has 2 aliphatic rings. The standard InChI is InChI=1S/C32H35N5O5/c1-32(2,3)42-31(40)36-15-7-10-26(36)28-27-24(21-11-13-22(14-12-21)35-16-18-41-19-17-35)20-25(30(38)39)33-29(27)37(34-28)23-8-5-4-6-9-23/h4-6,8-9,11-14,20,26H,7,10,15-19H2,1-3H3,(H,38,39). The van der Waals surface area contributed by atoms with Gasteiger partial charge in [-0.05, 0) is 75.1 Å². The van der Waals surface area contributed by atoms with Crippen LogP contribution in [0.15, 0.2) is 60.7 Å². The van der Waals surface area contributed by atoms with Gasteiger partial charge in [-0.2, -0.15) is 5.10 Å². The maximum Gasteiger partial charge on any atom is 0.410 e. The molecular formula is C32H35N5O5. The Balaban J connectivity index is 1.54. The van der Waals surface area contributed by atoms with Gasteiger partial charge in [0.05, 0.1) is 36.0 Å². The molecule has 4 heterocycles. The largest absolute Gasteiger partial charge is 0.477 e. The lowest BCUT2D eigenvalue weighted by Crippen LogP contribution is -2.36. The van der Waals surface area contributed by atoms with Gasteiger partial charge in [0, 0.05) is 25.3 Å². The summed E-state index contributed by atoms with van der Waals surface area (Å²) in [6.45, 7) is 9.11. The van der Waals surface area contributed by atoms with E-state index in [-0.39, 0.29) is 17.8 Å². The molecule has 6 rings (SSSR count). The number of hydrogen-bond acceptors (Lipinski definition) is 7. The number of anilines is 1. The van der Waals surface area contributed by atoms with E-state index < -0.39 is 11.6 Å². The highest BCUT2D eigenvalue weighted by molar-refractivity contribution is 6.00. The zero-order chi connectivity index (χ0) is 29.4. The molecule has 42 heavy (non-hydrogen) atoms. The number of para-hydroxylation sites is 1. The second-order valence-corrected chi connectivity index (χ2v) is 11.7. The normalized spacial score (nSPS) is 17.5. The van der Waals surface area contributed by atoms with Crippen LogP contribution in [0.2, 0.25) is 0 Å². The summed E-state index contributed by atoms with van der Waals surface area (Å²) in [6.07, 6.45) is 1.11. The predicted octanol–water partition coefficient (Wildman–Crippen LogP) is 5.69. The number of carboxylic acids is 1. The first kappa shape index (κ1) is 27.7. The number of aromatic carboxylic acids is 1. The Hall–Kier alpha value is -4.44. The second-order valence-electron chi connectivity index (χ2n) is 11.7. The van der Waals surface area contributed by atoms with Crippen molar-refractivity contribution in [2.24, 2.45) is 0 Å². The zero-order valence-electron chi connectivity index (χ0n) is 24.1. The smallest absolute Gasteiger partial charge is 0.410 e. The molecule has 218 valence electrons. The molecule has 2 aliphatic heterocycles. The van der Waals surface area contributed by atoms with E-state index in [2.05, 4.69) is 22.0 Å². The molecule has 0 aliphatic carbocycles. The van der Waals surface area contributed by atoms with Crippen molar-refractivity contribution in [1.29, 1.82) is 0 Å². The number of carbonyl (C=O) groups is 2. The molecule has 2 aromatic carbocycles. The van der Waals surface area contributed by atoms with Gasteiger partial charge in [0.1, 0.15) is 5.60 Å². The van der Waals surface area contributed by atoms with Gasteiger partial charge in [-0.3, -0.25) is 4.90 Å². The summed E-state index contributed by atoms with van der Waals surface area (Å²) in [6, 6.07) is 18.9. The minimum atomic E-state index is -1.12. The minimum absolute atomic E-state index is 0.0752. The van der Waals surface area contributed by atoms with Gasteiger partial charge in [0.25, 0.3) is 0 Å². The van der Waals surface area contributed by atoms with E-state index in [1.807, 2.05) is 63.2 Å². The van der Waals surface area contributed by atoms with Crippen molar-refractivity contribution in [3.8, 4) is 16.8 Å². The van der Waals surface area contributed by atoms with Crippen LogP contribution in [0, 0.1) is 0 Å². The number of likely N-dealkylation sites (tertiary alicyclic amines) is 1. The maximum absolute atomic E-state index is 13.3. The van der Waals surface area contributed by atoms with E-state index >= 15 is 0 Å². The molecule has 10 nitrogen and oxygen atoms in total. The Kier molecular flexibility index (Phi) is 7.32. The number of benzene rings is 2. The number of morpholine rings is 1. The number of nitrogens with zero attached hydrogens (tertiary/aromatic N) is 5. The van der Waals surface area contributed by atoms with Crippen LogP contribution in [0.25, 0.3) is 27.8 Å². The molecule has 1 amide bonds. The molecule has 4 aromatic rings. The number of amides is 1. The topological polar surface area (TPSA) is 110 Å². The van der Waals surface area contributed by atoms with Crippen LogP contribution >= 0.6 is 0 Å². The Morgan fingerprint density at radius 3 is 2.36 bits per heavy atom. The Morgan fingerprint density at radius 1 is 0.976 bits per heavy atom. The molecule has 0 saturated carbocycles. The first-order valence-electron chi connectivity index (χ1n) is 14.3. The van der Waals surface area contributed by atoms with Crippen LogP contribution in [0.4, 0.5) is 10.5 Å². The second kappa shape index (κ2) is 11.1. The monoisotopic (exact) mass is 569 g/mol. The van der Waals surface area contributed by atoms with E-state index in [9.17, 15) is 14.7 Å². The fourth-order valence-electron chi connectivity index (χ4n) is 5.73. The van der Waals surface area contributed by atoms with Crippen LogP contribution in [0.5, 0.6) is 0 Å². The van der Waals surface area contributed by atoms with E-state index in [1.54, 1.807) is 15.6 Å². The van der Waals surface area contributed by atoms with Crippen molar-refractivity contribution in [1.82, 2.24) is 19.7 Å². The molecule has 0 spiro atoms. The molecule has 2 aromatic heterocycles. The lowest BCUT2D eigenvalue weighted by Gasteiger charge is -2.29. The third-order valence-corrected chi connectivity index (χ3v) is 7.64. The van der Waals surface area contributed by atoms with E-state index in [0.29, 0.717) is 43.1 Å². The highest BCUT2D eigenvalue weighted by Crippen LogP contribution is 2.41. The van der Waals surface area contributed by atoms with Crippen LogP contribution in [-0.4, -0.2) is 75.3 Å². The van der Waals surface area contributed by atoms with E-state index in [1.165, 1.54) is 0 Å². The number of hydrogen-bond donors (Lipinski definition) is 1. The number of carboxylic acid groups (broad SMARTS) is 1. The van der Waals surface area contributed by atoms with Gasteiger partial charge < -0.3 is 19.5 Å². The average Bonchev–Trinajstić information content (AvgIpc) is 3.62. The highest BCUT2D eigenvalue weighted by Gasteiger charge is 2.37. The van der Waals surface area contributed by atoms with Gasteiger partial charge in [0.2, 0.25) is 0 Å². The first-order chi connectivity index (χ1) is 20.2. The van der Waals surface area contributed by atoms with Gasteiger partial charge in [0.15, 0.2) is 11.3 Å². The van der Waals surface area contributed by atoms with Gasteiger partial charge in [-0.25, -0.2) is 19.3 Å². The highest BCUT2D eigenvalue weighted by atomic mass is 16.6. The molecule has 10 heteroatoms. The Bertz CT molecular complexity index is 1600. The zero-order valence-corrected chi connectivity index (χ0v) is 24.1. The number of aromatic nitrogens is 3. The lowest BCUT2D eigenvalue weighted by atomic mass is 9.97. The van der Waals surface area contributed by atoms with Crippen molar-refractivity contribution in [2.45, 2.75) is 45.3 Å². The van der Waals surface area contributed by atoms with Gasteiger partial charge in [-0.1, -0.05) is 30.3 Å². The summed E-state index contributed by atoms with van der Waals surface area (Å²) >= 11 is 0. The average molecular weight is 570 g/mol. The van der Waals surface area contributed by atoms with Crippen LogP contribution in [0.1, 0.15) is 55.8 Å². The van der Waals surface area contributed by atoms with Crippen LogP contribution in [-0.2, 0) is 9.47 Å². The molecule has 1 N–H and O–H groups in total. The van der Waals surface area contributed by atoms with Crippen molar-refractivity contribution in [3.05, 3.63) is 72.1 Å². The molecular weight excluding hydrogens is 534 g/mol. The molecule has 1 unspecified atom stereocenters. The Morgan fingerprint density at radius 2 is 1.69 bits per heavy atom. The van der Waals surface area contributed by atoms with Crippen molar-refractivity contribution >= 4 is 28.8 Å². The molecule has 0 radical (unpaired) electrons. The minimum Gasteiger partial charge on any atom is -0.477 e. The number of rotatable bonds is 5. The van der Waals surface area contributed by atoms with Crippen LogP contribution in [0.3, 0.4) is 0 Å². The van der Waals surface area contributed by atoms with Crippen molar-refractivity contribution in [2.75, 3.05) is 37.7 Å². The summed E-state index contributed by atoms with van der Waals surface area (Å²) in [5, 5.41) is 15.8. The number of fused-ring (bicyclic) bond motifs is 1. The van der Waals surface area contributed by atoms with Gasteiger partial charge >= 0.3 is 12.1 Å². The van der Waals surface area contributed by atoms with E-state index in [0.717, 1.165) is 41.8 Å². The third-order valence-electron chi connectivity index (χ3n) is 7.64. The third kappa shape index (κ3) is 5.42. The molecule has 0 bridgehead atoms.